The highest BCUT2D eigenvalue weighted by Gasteiger charge is 2.17. The van der Waals surface area contributed by atoms with Gasteiger partial charge in [0.2, 0.25) is 5.91 Å². The Morgan fingerprint density at radius 3 is 2.68 bits per heavy atom. The van der Waals surface area contributed by atoms with E-state index in [9.17, 15) is 4.79 Å². The lowest BCUT2D eigenvalue weighted by Gasteiger charge is -2.33. The van der Waals surface area contributed by atoms with Gasteiger partial charge in [-0.15, -0.1) is 0 Å². The van der Waals surface area contributed by atoms with Gasteiger partial charge in [0.05, 0.1) is 0 Å². The molecule has 2 rings (SSSR count). The van der Waals surface area contributed by atoms with Crippen LogP contribution in [0, 0.1) is 0 Å². The highest BCUT2D eigenvalue weighted by atomic mass is 35.5. The average Bonchev–Trinajstić information content (AvgIpc) is 2.45. The van der Waals surface area contributed by atoms with E-state index in [-0.39, 0.29) is 5.91 Å². The normalized spacial score (nSPS) is 17.1. The number of carbonyl (C=O) groups excluding carboxylic acids is 1. The summed E-state index contributed by atoms with van der Waals surface area (Å²) in [5, 5.41) is 0.686. The van der Waals surface area contributed by atoms with Crippen molar-refractivity contribution in [2.24, 2.45) is 0 Å². The molecule has 1 aromatic rings. The highest BCUT2D eigenvalue weighted by molar-refractivity contribution is 6.30. The first-order valence-corrected chi connectivity index (χ1v) is 7.01. The lowest BCUT2D eigenvalue weighted by Crippen LogP contribution is -2.48. The van der Waals surface area contributed by atoms with Gasteiger partial charge in [0.15, 0.2) is 0 Å². The molecule has 3 nitrogen and oxygen atoms in total. The first-order chi connectivity index (χ1) is 9.19. The van der Waals surface area contributed by atoms with Crippen LogP contribution < -0.4 is 0 Å². The molecule has 0 unspecified atom stereocenters. The number of benzene rings is 1. The maximum absolute atomic E-state index is 12.0. The number of rotatable bonds is 3. The third kappa shape index (κ3) is 4.08. The van der Waals surface area contributed by atoms with Crippen LogP contribution in [-0.4, -0.2) is 48.4 Å². The van der Waals surface area contributed by atoms with Gasteiger partial charge in [-0.2, -0.15) is 0 Å². The number of hydrogen-bond acceptors (Lipinski definition) is 2. The van der Waals surface area contributed by atoms with E-state index in [2.05, 4.69) is 11.8 Å². The standard InChI is InChI=1S/C15H19ClN2O/c1-2-17-8-10-18(11-9-17)15(19)7-6-13-4-3-5-14(16)12-13/h3-7,12H,2,8-11H2,1H3. The Balaban J connectivity index is 1.91. The number of piperazine rings is 1. The zero-order chi connectivity index (χ0) is 13.7. The Morgan fingerprint density at radius 2 is 2.05 bits per heavy atom. The number of amides is 1. The summed E-state index contributed by atoms with van der Waals surface area (Å²) in [6.07, 6.45) is 3.45. The minimum atomic E-state index is 0.0794. The van der Waals surface area contributed by atoms with Gasteiger partial charge < -0.3 is 9.80 Å². The average molecular weight is 279 g/mol. The maximum Gasteiger partial charge on any atom is 0.246 e. The fraction of sp³-hybridized carbons (Fsp3) is 0.400. The zero-order valence-corrected chi connectivity index (χ0v) is 11.9. The summed E-state index contributed by atoms with van der Waals surface area (Å²) >= 11 is 5.91. The van der Waals surface area contributed by atoms with Gasteiger partial charge in [0.1, 0.15) is 0 Å². The monoisotopic (exact) mass is 278 g/mol. The van der Waals surface area contributed by atoms with Gasteiger partial charge in [-0.05, 0) is 30.3 Å². The van der Waals surface area contributed by atoms with E-state index < -0.39 is 0 Å². The summed E-state index contributed by atoms with van der Waals surface area (Å²) in [4.78, 5) is 16.3. The summed E-state index contributed by atoms with van der Waals surface area (Å²) in [5.74, 6) is 0.0794. The van der Waals surface area contributed by atoms with E-state index in [0.29, 0.717) is 5.02 Å². The maximum atomic E-state index is 12.0. The molecular formula is C15H19ClN2O. The molecule has 1 amide bonds. The molecule has 1 saturated heterocycles. The van der Waals surface area contributed by atoms with Gasteiger partial charge in [-0.1, -0.05) is 30.7 Å². The van der Waals surface area contributed by atoms with E-state index in [1.54, 1.807) is 6.08 Å². The summed E-state index contributed by atoms with van der Waals surface area (Å²) in [6.45, 7) is 6.76. The fourth-order valence-electron chi connectivity index (χ4n) is 2.17. The predicted molar refractivity (Wildman–Crippen MR) is 79.2 cm³/mol. The van der Waals surface area contributed by atoms with Crippen LogP contribution in [0.3, 0.4) is 0 Å². The number of hydrogen-bond donors (Lipinski definition) is 0. The van der Waals surface area contributed by atoms with Gasteiger partial charge in [-0.25, -0.2) is 0 Å². The van der Waals surface area contributed by atoms with Crippen LogP contribution in [0.25, 0.3) is 6.08 Å². The smallest absolute Gasteiger partial charge is 0.246 e. The quantitative estimate of drug-likeness (QED) is 0.793. The lowest BCUT2D eigenvalue weighted by atomic mass is 10.2. The first-order valence-electron chi connectivity index (χ1n) is 6.64. The molecule has 0 aromatic heterocycles. The Labute approximate surface area is 119 Å². The van der Waals surface area contributed by atoms with Crippen LogP contribution in [0.5, 0.6) is 0 Å². The van der Waals surface area contributed by atoms with Crippen LogP contribution in [-0.2, 0) is 4.79 Å². The Morgan fingerprint density at radius 1 is 1.32 bits per heavy atom. The first kappa shape index (κ1) is 14.1. The van der Waals surface area contributed by atoms with Gasteiger partial charge in [0.25, 0.3) is 0 Å². The molecular weight excluding hydrogens is 260 g/mol. The summed E-state index contributed by atoms with van der Waals surface area (Å²) in [6, 6.07) is 7.49. The van der Waals surface area contributed by atoms with Gasteiger partial charge >= 0.3 is 0 Å². The summed E-state index contributed by atoms with van der Waals surface area (Å²) in [5.41, 5.74) is 0.952. The molecule has 0 bridgehead atoms. The second-order valence-electron chi connectivity index (χ2n) is 4.65. The molecule has 1 fully saturated rings. The number of carbonyl (C=O) groups is 1. The molecule has 1 aliphatic rings. The molecule has 0 atom stereocenters. The van der Waals surface area contributed by atoms with Crippen molar-refractivity contribution >= 4 is 23.6 Å². The molecule has 0 spiro atoms. The lowest BCUT2D eigenvalue weighted by molar-refractivity contribution is -0.127. The molecule has 0 radical (unpaired) electrons. The highest BCUT2D eigenvalue weighted by Crippen LogP contribution is 2.12. The molecule has 4 heteroatoms. The van der Waals surface area contributed by atoms with Crippen molar-refractivity contribution in [3.05, 3.63) is 40.9 Å². The molecule has 1 aliphatic heterocycles. The van der Waals surface area contributed by atoms with Crippen molar-refractivity contribution < 1.29 is 4.79 Å². The summed E-state index contributed by atoms with van der Waals surface area (Å²) < 4.78 is 0. The van der Waals surface area contributed by atoms with Gasteiger partial charge in [0, 0.05) is 37.3 Å². The van der Waals surface area contributed by atoms with Crippen molar-refractivity contribution in [2.75, 3.05) is 32.7 Å². The Bertz CT molecular complexity index is 465. The second-order valence-corrected chi connectivity index (χ2v) is 5.08. The van der Waals surface area contributed by atoms with E-state index in [1.165, 1.54) is 0 Å². The van der Waals surface area contributed by atoms with E-state index in [1.807, 2.05) is 35.2 Å². The van der Waals surface area contributed by atoms with E-state index >= 15 is 0 Å². The Kier molecular flexibility index (Phi) is 5.00. The predicted octanol–water partition coefficient (Wildman–Crippen LogP) is 2.52. The number of likely N-dealkylation sites (N-methyl/N-ethyl adjacent to an activating group) is 1. The fourth-order valence-corrected chi connectivity index (χ4v) is 2.37. The van der Waals surface area contributed by atoms with Crippen LogP contribution in [0.4, 0.5) is 0 Å². The van der Waals surface area contributed by atoms with Crippen LogP contribution >= 0.6 is 11.6 Å². The van der Waals surface area contributed by atoms with Crippen LogP contribution in [0.2, 0.25) is 5.02 Å². The molecule has 19 heavy (non-hydrogen) atoms. The zero-order valence-electron chi connectivity index (χ0n) is 11.2. The second kappa shape index (κ2) is 6.73. The molecule has 1 heterocycles. The third-order valence-corrected chi connectivity index (χ3v) is 3.63. The van der Waals surface area contributed by atoms with E-state index in [4.69, 9.17) is 11.6 Å². The molecule has 0 aliphatic carbocycles. The van der Waals surface area contributed by atoms with Crippen molar-refractivity contribution in [3.63, 3.8) is 0 Å². The van der Waals surface area contributed by atoms with Gasteiger partial charge in [-0.3, -0.25) is 4.79 Å². The van der Waals surface area contributed by atoms with Crippen LogP contribution in [0.15, 0.2) is 30.3 Å². The molecule has 102 valence electrons. The largest absolute Gasteiger partial charge is 0.337 e. The Hall–Kier alpha value is -1.32. The third-order valence-electron chi connectivity index (χ3n) is 3.40. The minimum absolute atomic E-state index is 0.0794. The summed E-state index contributed by atoms with van der Waals surface area (Å²) in [7, 11) is 0. The van der Waals surface area contributed by atoms with Crippen molar-refractivity contribution in [1.82, 2.24) is 9.80 Å². The minimum Gasteiger partial charge on any atom is -0.337 e. The molecule has 1 aromatic carbocycles. The van der Waals surface area contributed by atoms with E-state index in [0.717, 1.165) is 38.3 Å². The van der Waals surface area contributed by atoms with Crippen molar-refractivity contribution in [2.45, 2.75) is 6.92 Å². The van der Waals surface area contributed by atoms with Crippen molar-refractivity contribution in [3.8, 4) is 0 Å². The van der Waals surface area contributed by atoms with Crippen LogP contribution in [0.1, 0.15) is 12.5 Å². The van der Waals surface area contributed by atoms with Crippen molar-refractivity contribution in [1.29, 1.82) is 0 Å². The SMILES string of the molecule is CCN1CCN(C(=O)C=Cc2cccc(Cl)c2)CC1. The number of nitrogens with zero attached hydrogens (tertiary/aromatic N) is 2. The molecule has 0 saturated carbocycles. The number of halogens is 1. The molecule has 0 N–H and O–H groups in total. The topological polar surface area (TPSA) is 23.6 Å².